The number of halogens is 5. The fourth-order valence-corrected chi connectivity index (χ4v) is 5.85. The van der Waals surface area contributed by atoms with E-state index in [1.807, 2.05) is 6.07 Å². The summed E-state index contributed by atoms with van der Waals surface area (Å²) < 4.78 is 59.5. The van der Waals surface area contributed by atoms with Crippen LogP contribution in [0.3, 0.4) is 0 Å². The van der Waals surface area contributed by atoms with Crippen molar-refractivity contribution in [2.45, 2.75) is 32.7 Å². The topological polar surface area (TPSA) is 106 Å². The highest BCUT2D eigenvalue weighted by atomic mass is 35.5. The molecule has 264 valence electrons. The predicted molar refractivity (Wildman–Crippen MR) is 192 cm³/mol. The number of esters is 2. The number of carbonyl (C=O) groups is 2. The number of methoxy groups -OCH3 is 2. The molecule has 13 heteroatoms. The molecule has 0 spiro atoms. The van der Waals surface area contributed by atoms with E-state index in [-0.39, 0.29) is 29.3 Å². The third kappa shape index (κ3) is 8.56. The van der Waals surface area contributed by atoms with Gasteiger partial charge in [-0.25, -0.2) is 14.6 Å². The lowest BCUT2D eigenvalue weighted by atomic mass is 9.99. The van der Waals surface area contributed by atoms with E-state index in [2.05, 4.69) is 4.74 Å². The lowest BCUT2D eigenvalue weighted by molar-refractivity contribution is -0.138. The molecule has 0 saturated heterocycles. The molecular formula is C38H32Cl2F3N3O5. The number of hydrogen-bond acceptors (Lipinski definition) is 7. The van der Waals surface area contributed by atoms with Gasteiger partial charge in [0.25, 0.3) is 0 Å². The molecule has 0 saturated carbocycles. The third-order valence-corrected chi connectivity index (χ3v) is 8.31. The van der Waals surface area contributed by atoms with Gasteiger partial charge in [-0.1, -0.05) is 53.5 Å². The van der Waals surface area contributed by atoms with E-state index >= 15 is 0 Å². The Morgan fingerprint density at radius 2 is 1.67 bits per heavy atom. The Morgan fingerprint density at radius 3 is 2.31 bits per heavy atom. The molecule has 0 amide bonds. The molecule has 5 rings (SSSR count). The molecular weight excluding hydrogens is 706 g/mol. The second-order valence-corrected chi connectivity index (χ2v) is 12.5. The average Bonchev–Trinajstić information content (AvgIpc) is 3.47. The molecule has 0 fully saturated rings. The Hall–Kier alpha value is -5.26. The monoisotopic (exact) mass is 737 g/mol. The average molecular weight is 739 g/mol. The van der Waals surface area contributed by atoms with Crippen LogP contribution in [0.5, 0.6) is 5.75 Å². The van der Waals surface area contributed by atoms with Gasteiger partial charge in [-0.15, -0.1) is 0 Å². The van der Waals surface area contributed by atoms with Crippen LogP contribution in [0.1, 0.15) is 57.1 Å². The largest absolute Gasteiger partial charge is 0.496 e. The smallest absolute Gasteiger partial charge is 0.416 e. The first kappa shape index (κ1) is 37.0. The lowest BCUT2D eigenvalue weighted by Gasteiger charge is -2.15. The highest BCUT2D eigenvalue weighted by molar-refractivity contribution is 6.36. The minimum Gasteiger partial charge on any atom is -0.496 e. The van der Waals surface area contributed by atoms with Crippen LogP contribution in [0.15, 0.2) is 79.0 Å². The van der Waals surface area contributed by atoms with Gasteiger partial charge in [0.15, 0.2) is 0 Å². The second kappa shape index (κ2) is 15.3. The molecule has 0 bridgehead atoms. The lowest BCUT2D eigenvalue weighted by Crippen LogP contribution is -2.14. The second-order valence-electron chi connectivity index (χ2n) is 11.6. The number of nitrogens with zero attached hydrogens (tertiary/aromatic N) is 2. The minimum atomic E-state index is -4.75. The fourth-order valence-electron chi connectivity index (χ4n) is 5.35. The predicted octanol–water partition coefficient (Wildman–Crippen LogP) is 9.70. The van der Waals surface area contributed by atoms with Gasteiger partial charge in [0.05, 0.1) is 42.2 Å². The van der Waals surface area contributed by atoms with Crippen molar-refractivity contribution < 1.29 is 37.0 Å². The maximum absolute atomic E-state index is 14.2. The van der Waals surface area contributed by atoms with Gasteiger partial charge >= 0.3 is 18.1 Å². The zero-order chi connectivity index (χ0) is 37.0. The number of aromatic nitrogens is 2. The van der Waals surface area contributed by atoms with Crippen LogP contribution in [0.4, 0.5) is 18.9 Å². The van der Waals surface area contributed by atoms with Crippen molar-refractivity contribution in [2.24, 2.45) is 0 Å². The quantitative estimate of drug-likeness (QED) is 0.112. The summed E-state index contributed by atoms with van der Waals surface area (Å²) >= 11 is 12.6. The van der Waals surface area contributed by atoms with Crippen molar-refractivity contribution in [1.29, 1.82) is 0 Å². The Morgan fingerprint density at radius 1 is 0.922 bits per heavy atom. The Balaban J connectivity index is 1.51. The van der Waals surface area contributed by atoms with Gasteiger partial charge in [0, 0.05) is 34.6 Å². The van der Waals surface area contributed by atoms with E-state index in [1.165, 1.54) is 19.2 Å². The molecule has 2 N–H and O–H groups in total. The van der Waals surface area contributed by atoms with E-state index in [0.29, 0.717) is 55.3 Å². The highest BCUT2D eigenvalue weighted by Crippen LogP contribution is 2.36. The number of hydrogen-bond donors (Lipinski definition) is 1. The summed E-state index contributed by atoms with van der Waals surface area (Å²) in [4.78, 5) is 29.2. The maximum atomic E-state index is 14.2. The molecule has 0 radical (unpaired) electrons. The summed E-state index contributed by atoms with van der Waals surface area (Å²) in [5.41, 5.74) is 8.88. The van der Waals surface area contributed by atoms with Crippen molar-refractivity contribution in [3.8, 4) is 28.1 Å². The molecule has 1 heterocycles. The molecule has 51 heavy (non-hydrogen) atoms. The van der Waals surface area contributed by atoms with E-state index in [4.69, 9.17) is 43.4 Å². The van der Waals surface area contributed by atoms with Gasteiger partial charge in [-0.2, -0.15) is 13.2 Å². The molecule has 8 nitrogen and oxygen atoms in total. The van der Waals surface area contributed by atoms with Crippen molar-refractivity contribution >= 4 is 53.0 Å². The standard InChI is InChI=1S/C38H32Cl2F3N3O5/c1-21(2)51-37(48)29-12-9-23(17-34(29)49-3)27-11-5-22(15-32(27)44)6-14-35-45-33(28-13-10-26(39)18-31(28)40)20-46(35)19-25-8-7-24(36(47)50-4)16-30(25)38(41,42)43/h5-18,20-21H,19,44H2,1-4H3/b14-6+. The van der Waals surface area contributed by atoms with Crippen LogP contribution >= 0.6 is 23.2 Å². The molecule has 0 unspecified atom stereocenters. The molecule has 0 aliphatic heterocycles. The van der Waals surface area contributed by atoms with Gasteiger partial charge < -0.3 is 24.5 Å². The zero-order valence-corrected chi connectivity index (χ0v) is 29.4. The van der Waals surface area contributed by atoms with Crippen LogP contribution in [0.25, 0.3) is 34.5 Å². The van der Waals surface area contributed by atoms with Crippen molar-refractivity contribution in [1.82, 2.24) is 9.55 Å². The van der Waals surface area contributed by atoms with Crippen molar-refractivity contribution in [3.05, 3.63) is 123 Å². The third-order valence-electron chi connectivity index (χ3n) is 7.77. The number of nitrogens with two attached hydrogens (primary N) is 1. The molecule has 1 aromatic heterocycles. The number of ether oxygens (including phenoxy) is 3. The van der Waals surface area contributed by atoms with Crippen molar-refractivity contribution in [3.63, 3.8) is 0 Å². The number of rotatable bonds is 10. The SMILES string of the molecule is COC(=O)c1ccc(Cn2cc(-c3ccc(Cl)cc3Cl)nc2/C=C/c2ccc(-c3ccc(C(=O)OC(C)C)c(OC)c3)c(N)c2)c(C(F)(F)F)c1. The molecule has 0 aliphatic rings. The highest BCUT2D eigenvalue weighted by Gasteiger charge is 2.34. The first-order chi connectivity index (χ1) is 24.2. The number of anilines is 1. The first-order valence-corrected chi connectivity index (χ1v) is 16.2. The number of alkyl halides is 3. The van der Waals surface area contributed by atoms with Gasteiger partial charge in [-0.3, -0.25) is 0 Å². The Bertz CT molecular complexity index is 2140. The van der Waals surface area contributed by atoms with E-state index < -0.39 is 23.7 Å². The number of benzene rings is 4. The molecule has 4 aromatic carbocycles. The van der Waals surface area contributed by atoms with Crippen LogP contribution < -0.4 is 10.5 Å². The van der Waals surface area contributed by atoms with Crippen LogP contribution in [-0.2, 0) is 22.2 Å². The van der Waals surface area contributed by atoms with Crippen LogP contribution in [0, 0.1) is 0 Å². The summed E-state index contributed by atoms with van der Waals surface area (Å²) in [6.45, 7) is 3.28. The van der Waals surface area contributed by atoms with E-state index in [9.17, 15) is 22.8 Å². The molecule has 0 aliphatic carbocycles. The summed E-state index contributed by atoms with van der Waals surface area (Å²) in [6.07, 6.45) is -0.0813. The van der Waals surface area contributed by atoms with E-state index in [1.54, 1.807) is 85.3 Å². The minimum absolute atomic E-state index is 0.0940. The fraction of sp³-hybridized carbons (Fsp3) is 0.184. The summed E-state index contributed by atoms with van der Waals surface area (Å²) in [7, 11) is 2.56. The summed E-state index contributed by atoms with van der Waals surface area (Å²) in [5.74, 6) is -0.740. The molecule has 0 atom stereocenters. The normalized spacial score (nSPS) is 11.6. The van der Waals surface area contributed by atoms with Gasteiger partial charge in [0.2, 0.25) is 0 Å². The first-order valence-electron chi connectivity index (χ1n) is 15.5. The molecule has 5 aromatic rings. The van der Waals surface area contributed by atoms with Crippen molar-refractivity contribution in [2.75, 3.05) is 20.0 Å². The van der Waals surface area contributed by atoms with Gasteiger partial charge in [-0.05, 0) is 85.1 Å². The zero-order valence-electron chi connectivity index (χ0n) is 27.8. The summed E-state index contributed by atoms with van der Waals surface area (Å²) in [6, 6.07) is 18.6. The summed E-state index contributed by atoms with van der Waals surface area (Å²) in [5, 5.41) is 0.721. The van der Waals surface area contributed by atoms with Crippen LogP contribution in [-0.4, -0.2) is 41.8 Å². The van der Waals surface area contributed by atoms with Gasteiger partial charge in [0.1, 0.15) is 17.1 Å². The number of nitrogen functional groups attached to an aromatic ring is 1. The van der Waals surface area contributed by atoms with Crippen LogP contribution in [0.2, 0.25) is 10.0 Å². The Kier molecular flexibility index (Phi) is 11.1. The van der Waals surface area contributed by atoms with E-state index in [0.717, 1.165) is 13.2 Å². The number of imidazole rings is 1. The Labute approximate surface area is 302 Å². The maximum Gasteiger partial charge on any atom is 0.416 e. The number of carbonyl (C=O) groups excluding carboxylic acids is 2.